The molecule has 3 aromatic rings. The Kier molecular flexibility index (Phi) is 5.50. The number of nitrogens with zero attached hydrogens (tertiary/aromatic N) is 3. The Labute approximate surface area is 181 Å². The van der Waals surface area contributed by atoms with Gasteiger partial charge in [0.2, 0.25) is 10.0 Å². The second kappa shape index (κ2) is 7.99. The minimum atomic E-state index is -3.69. The number of nitrogen functional groups attached to an aromatic ring is 1. The van der Waals surface area contributed by atoms with Gasteiger partial charge in [-0.3, -0.25) is 4.98 Å². The van der Waals surface area contributed by atoms with Gasteiger partial charge in [-0.15, -0.1) is 0 Å². The lowest BCUT2D eigenvalue weighted by Crippen LogP contribution is -2.46. The van der Waals surface area contributed by atoms with E-state index in [2.05, 4.69) is 15.3 Å². The van der Waals surface area contributed by atoms with Crippen LogP contribution in [0.2, 0.25) is 0 Å². The first-order valence-electron chi connectivity index (χ1n) is 9.65. The van der Waals surface area contributed by atoms with Crippen LogP contribution < -0.4 is 11.1 Å². The lowest BCUT2D eigenvalue weighted by molar-refractivity contribution is 0.349. The fourth-order valence-electron chi connectivity index (χ4n) is 4.24. The van der Waals surface area contributed by atoms with E-state index >= 15 is 0 Å². The number of fused-ring (bicyclic) bond motifs is 2. The van der Waals surface area contributed by atoms with Gasteiger partial charge in [0, 0.05) is 36.3 Å². The average Bonchev–Trinajstić information content (AvgIpc) is 3.39. The summed E-state index contributed by atoms with van der Waals surface area (Å²) in [6.45, 7) is 1.13. The number of nitrogens with two attached hydrogens (primary N) is 1. The molecule has 0 spiro atoms. The number of halogens is 1. The van der Waals surface area contributed by atoms with Crippen molar-refractivity contribution in [2.45, 2.75) is 30.8 Å². The van der Waals surface area contributed by atoms with Gasteiger partial charge >= 0.3 is 0 Å². The van der Waals surface area contributed by atoms with Gasteiger partial charge in [0.05, 0.1) is 23.0 Å². The zero-order chi connectivity index (χ0) is 20.9. The molecule has 2 saturated heterocycles. The van der Waals surface area contributed by atoms with Crippen LogP contribution in [0.25, 0.3) is 22.4 Å². The molecule has 3 heterocycles. The van der Waals surface area contributed by atoms with Crippen LogP contribution in [0.15, 0.2) is 59.8 Å². The first-order valence-corrected chi connectivity index (χ1v) is 11.1. The molecule has 2 aromatic carbocycles. The van der Waals surface area contributed by atoms with E-state index in [1.165, 1.54) is 18.5 Å². The zero-order valence-electron chi connectivity index (χ0n) is 16.0. The number of nitrogens with one attached hydrogen (secondary N) is 1. The lowest BCUT2D eigenvalue weighted by atomic mass is 10.0. The maximum Gasteiger partial charge on any atom is 0.244 e. The summed E-state index contributed by atoms with van der Waals surface area (Å²) < 4.78 is 43.3. The highest BCUT2D eigenvalue weighted by Crippen LogP contribution is 2.35. The molecular formula is C22H24FN5O2S. The number of rotatable bonds is 4. The largest absolute Gasteiger partial charge is 0.382 e. The summed E-state index contributed by atoms with van der Waals surface area (Å²) in [6.07, 6.45) is 3.60. The van der Waals surface area contributed by atoms with E-state index in [9.17, 15) is 12.8 Å². The van der Waals surface area contributed by atoms with Crippen LogP contribution in [0.4, 0.5) is 10.2 Å². The van der Waals surface area contributed by atoms with Crippen molar-refractivity contribution >= 4 is 15.8 Å². The Morgan fingerprint density at radius 1 is 1.10 bits per heavy atom. The van der Waals surface area contributed by atoms with E-state index in [0.717, 1.165) is 6.42 Å². The Morgan fingerprint density at radius 3 is 2.55 bits per heavy atom. The molecule has 0 unspecified atom stereocenters. The fraction of sp³-hybridized carbons (Fsp3) is 0.273. The number of aromatic nitrogens is 2. The highest BCUT2D eigenvalue weighted by molar-refractivity contribution is 7.89. The molecule has 0 saturated carbocycles. The minimum absolute atomic E-state index is 0. The third-order valence-electron chi connectivity index (χ3n) is 5.71. The predicted octanol–water partition coefficient (Wildman–Crippen LogP) is 2.90. The van der Waals surface area contributed by atoms with Gasteiger partial charge in [0.15, 0.2) is 0 Å². The molecule has 2 atom stereocenters. The summed E-state index contributed by atoms with van der Waals surface area (Å²) in [5.74, 6) is -0.260. The summed E-state index contributed by atoms with van der Waals surface area (Å²) in [7, 11) is -3.69. The van der Waals surface area contributed by atoms with Crippen LogP contribution in [-0.4, -0.2) is 47.9 Å². The van der Waals surface area contributed by atoms with E-state index < -0.39 is 15.8 Å². The summed E-state index contributed by atoms with van der Waals surface area (Å²) >= 11 is 0. The minimum Gasteiger partial charge on any atom is -0.382 e. The summed E-state index contributed by atoms with van der Waals surface area (Å²) in [5.41, 5.74) is 7.13. The number of piperazine rings is 1. The van der Waals surface area contributed by atoms with Crippen LogP contribution in [0.3, 0.4) is 0 Å². The van der Waals surface area contributed by atoms with E-state index in [4.69, 9.17) is 5.73 Å². The van der Waals surface area contributed by atoms with E-state index in [1.807, 2.05) is 0 Å². The monoisotopic (exact) mass is 441 g/mol. The van der Waals surface area contributed by atoms with Gasteiger partial charge < -0.3 is 11.1 Å². The highest BCUT2D eigenvalue weighted by atomic mass is 32.2. The van der Waals surface area contributed by atoms with E-state index in [-0.39, 0.29) is 35.8 Å². The van der Waals surface area contributed by atoms with Crippen LogP contribution in [0.1, 0.15) is 13.8 Å². The van der Waals surface area contributed by atoms with Crippen molar-refractivity contribution in [3.05, 3.63) is 60.7 Å². The quantitative estimate of drug-likeness (QED) is 0.646. The molecule has 3 N–H and O–H groups in total. The molecule has 2 fully saturated rings. The Morgan fingerprint density at radius 2 is 1.90 bits per heavy atom. The molecule has 0 aliphatic carbocycles. The van der Waals surface area contributed by atoms with Gasteiger partial charge in [-0.05, 0) is 30.2 Å². The Hall–Kier alpha value is -2.88. The van der Waals surface area contributed by atoms with Crippen LogP contribution in [-0.2, 0) is 10.0 Å². The predicted molar refractivity (Wildman–Crippen MR) is 118 cm³/mol. The molecule has 5 rings (SSSR count). The van der Waals surface area contributed by atoms with Crippen molar-refractivity contribution in [1.82, 2.24) is 19.6 Å². The van der Waals surface area contributed by atoms with Crippen molar-refractivity contribution in [2.75, 3.05) is 18.8 Å². The first kappa shape index (κ1) is 21.4. The number of hydrogen-bond acceptors (Lipinski definition) is 6. The molecular weight excluding hydrogens is 417 g/mol. The topological polar surface area (TPSA) is 101 Å². The first-order chi connectivity index (χ1) is 14.4. The molecule has 2 aliphatic heterocycles. The summed E-state index contributed by atoms with van der Waals surface area (Å²) in [5, 5.41) is 3.31. The fourth-order valence-corrected chi connectivity index (χ4v) is 6.14. The van der Waals surface area contributed by atoms with E-state index in [0.29, 0.717) is 29.9 Å². The van der Waals surface area contributed by atoms with Crippen molar-refractivity contribution in [3.63, 3.8) is 0 Å². The van der Waals surface area contributed by atoms with Crippen molar-refractivity contribution in [3.8, 4) is 22.4 Å². The molecule has 31 heavy (non-hydrogen) atoms. The third kappa shape index (κ3) is 3.69. The molecule has 2 aliphatic rings. The van der Waals surface area contributed by atoms with Crippen molar-refractivity contribution < 1.29 is 12.8 Å². The maximum atomic E-state index is 14.9. The molecule has 0 radical (unpaired) electrons. The van der Waals surface area contributed by atoms with Crippen LogP contribution in [0.5, 0.6) is 0 Å². The molecule has 9 heteroatoms. The second-order valence-electron chi connectivity index (χ2n) is 7.59. The summed E-state index contributed by atoms with van der Waals surface area (Å²) in [4.78, 5) is 8.24. The third-order valence-corrected chi connectivity index (χ3v) is 7.68. The van der Waals surface area contributed by atoms with Gasteiger partial charge in [-0.2, -0.15) is 4.31 Å². The second-order valence-corrected chi connectivity index (χ2v) is 9.45. The molecule has 2 bridgehead atoms. The van der Waals surface area contributed by atoms with Crippen LogP contribution >= 0.6 is 0 Å². The number of anilines is 1. The number of sulfonamides is 1. The van der Waals surface area contributed by atoms with Crippen molar-refractivity contribution in [1.29, 1.82) is 0 Å². The number of benzene rings is 2. The van der Waals surface area contributed by atoms with Crippen molar-refractivity contribution in [2.24, 2.45) is 0 Å². The highest BCUT2D eigenvalue weighted by Gasteiger charge is 2.44. The zero-order valence-corrected chi connectivity index (χ0v) is 16.8. The van der Waals surface area contributed by atoms with Gasteiger partial charge in [-0.1, -0.05) is 31.7 Å². The normalized spacial score (nSPS) is 20.5. The molecule has 162 valence electrons. The Balaban J connectivity index is 0.00000231. The van der Waals surface area contributed by atoms with Crippen LogP contribution in [0, 0.1) is 5.82 Å². The molecule has 7 nitrogen and oxygen atoms in total. The lowest BCUT2D eigenvalue weighted by Gasteiger charge is -2.27. The summed E-state index contributed by atoms with van der Waals surface area (Å²) in [6, 6.07) is 11.5. The smallest absolute Gasteiger partial charge is 0.244 e. The molecule has 0 amide bonds. The Bertz CT molecular complexity index is 1220. The van der Waals surface area contributed by atoms with E-state index in [1.54, 1.807) is 40.7 Å². The van der Waals surface area contributed by atoms with Gasteiger partial charge in [0.1, 0.15) is 11.6 Å². The molecule has 1 aromatic heterocycles. The van der Waals surface area contributed by atoms with Gasteiger partial charge in [-0.25, -0.2) is 17.8 Å². The SMILES string of the molecule is C.Nc1cnc(-c2ccc(-c3ccccc3S(=O)(=O)N3C[C@H]4C[C@@H]3CN4)cc2F)cn1. The maximum absolute atomic E-state index is 14.9. The van der Waals surface area contributed by atoms with Gasteiger partial charge in [0.25, 0.3) is 0 Å². The number of hydrogen-bond donors (Lipinski definition) is 2. The average molecular weight is 442 g/mol. The standard InChI is InChI=1S/C21H20FN5O2S.CH4/c22-18-7-13(5-6-17(18)19-10-26-21(23)11-25-19)16-3-1-2-4-20(16)30(28,29)27-12-14-8-15(27)9-24-14;/h1-7,10-11,14-15,24H,8-9,12H2,(H2,23,26);1H4/t14-,15-;/m1./s1.